The smallest absolute Gasteiger partial charge is 0.159 e. The van der Waals surface area contributed by atoms with Gasteiger partial charge in [-0.25, -0.2) is 19.9 Å². The molecule has 0 atom stereocenters. The number of rotatable bonds is 3. The molecule has 1 aliphatic carbocycles. The lowest BCUT2D eigenvalue weighted by Gasteiger charge is -2.20. The molecule has 0 saturated carbocycles. The van der Waals surface area contributed by atoms with Crippen LogP contribution < -0.4 is 0 Å². The molecule has 1 aliphatic rings. The molecule has 4 nitrogen and oxygen atoms in total. The summed E-state index contributed by atoms with van der Waals surface area (Å²) in [6.07, 6.45) is 1.96. The van der Waals surface area contributed by atoms with Gasteiger partial charge in [-0.15, -0.1) is 11.3 Å². The second-order valence-electron chi connectivity index (χ2n) is 10.7. The largest absolute Gasteiger partial charge is 0.247 e. The van der Waals surface area contributed by atoms with Gasteiger partial charge in [0.1, 0.15) is 5.69 Å². The van der Waals surface area contributed by atoms with Gasteiger partial charge in [0.05, 0.1) is 22.8 Å². The standard InChI is InChI=1S/C35H24N4S/c1-35(2)26-20-36-34(22-14-7-4-8-15-22)39-30(26)31-33(35)38-29(28(37-31)21-12-5-3-6-13-21)25-18-11-17-24-23-16-9-10-19-27(23)40-32(24)25/h3-20H,1-2H3. The first-order chi connectivity index (χ1) is 19.6. The third-order valence-electron chi connectivity index (χ3n) is 7.91. The number of fused-ring (bicyclic) bond motifs is 6. The highest BCUT2D eigenvalue weighted by molar-refractivity contribution is 7.26. The van der Waals surface area contributed by atoms with Gasteiger partial charge in [0.25, 0.3) is 0 Å². The molecule has 8 rings (SSSR count). The molecule has 7 aromatic rings. The first-order valence-corrected chi connectivity index (χ1v) is 14.2. The summed E-state index contributed by atoms with van der Waals surface area (Å²) in [5.74, 6) is 0.699. The van der Waals surface area contributed by atoms with Crippen molar-refractivity contribution in [2.24, 2.45) is 0 Å². The third-order valence-corrected chi connectivity index (χ3v) is 9.13. The van der Waals surface area contributed by atoms with E-state index in [-0.39, 0.29) is 5.41 Å². The Kier molecular flexibility index (Phi) is 5.00. The predicted octanol–water partition coefficient (Wildman–Crippen LogP) is 8.94. The van der Waals surface area contributed by atoms with Crippen molar-refractivity contribution in [2.45, 2.75) is 19.3 Å². The molecule has 0 amide bonds. The van der Waals surface area contributed by atoms with Gasteiger partial charge < -0.3 is 0 Å². The Morgan fingerprint density at radius 1 is 0.575 bits per heavy atom. The van der Waals surface area contributed by atoms with Crippen LogP contribution in [0.5, 0.6) is 0 Å². The normalized spacial score (nSPS) is 13.4. The lowest BCUT2D eigenvalue weighted by molar-refractivity contribution is 0.632. The highest BCUT2D eigenvalue weighted by atomic mass is 32.1. The van der Waals surface area contributed by atoms with Gasteiger partial charge in [-0.1, -0.05) is 97.1 Å². The summed E-state index contributed by atoms with van der Waals surface area (Å²) in [6.45, 7) is 4.40. The molecular weight excluding hydrogens is 508 g/mol. The third kappa shape index (κ3) is 3.38. The average molecular weight is 533 g/mol. The maximum absolute atomic E-state index is 5.47. The number of hydrogen-bond acceptors (Lipinski definition) is 5. The van der Waals surface area contributed by atoms with Crippen LogP contribution in [0.3, 0.4) is 0 Å². The van der Waals surface area contributed by atoms with Gasteiger partial charge in [-0.05, 0) is 19.9 Å². The van der Waals surface area contributed by atoms with Crippen LogP contribution in [-0.2, 0) is 5.41 Å². The number of hydrogen-bond donors (Lipinski definition) is 0. The first kappa shape index (κ1) is 23.2. The van der Waals surface area contributed by atoms with Crippen molar-refractivity contribution in [3.8, 4) is 45.3 Å². The molecular formula is C35H24N4S. The van der Waals surface area contributed by atoms with Crippen molar-refractivity contribution in [3.63, 3.8) is 0 Å². The van der Waals surface area contributed by atoms with E-state index >= 15 is 0 Å². The molecule has 0 fully saturated rings. The summed E-state index contributed by atoms with van der Waals surface area (Å²) in [5, 5.41) is 2.52. The molecule has 0 bridgehead atoms. The minimum absolute atomic E-state index is 0.384. The zero-order chi connectivity index (χ0) is 26.8. The quantitative estimate of drug-likeness (QED) is 0.228. The van der Waals surface area contributed by atoms with Crippen molar-refractivity contribution < 1.29 is 0 Å². The van der Waals surface area contributed by atoms with Gasteiger partial charge in [0, 0.05) is 54.0 Å². The van der Waals surface area contributed by atoms with Crippen molar-refractivity contribution in [1.29, 1.82) is 0 Å². The summed E-state index contributed by atoms with van der Waals surface area (Å²) in [4.78, 5) is 20.7. The molecule has 40 heavy (non-hydrogen) atoms. The molecule has 3 aromatic heterocycles. The van der Waals surface area contributed by atoms with Crippen LogP contribution in [0.4, 0.5) is 0 Å². The molecule has 0 spiro atoms. The number of thiophene rings is 1. The summed E-state index contributed by atoms with van der Waals surface area (Å²) in [6, 6.07) is 35.6. The van der Waals surface area contributed by atoms with Crippen LogP contribution in [0.1, 0.15) is 25.1 Å². The molecule has 0 aliphatic heterocycles. The predicted molar refractivity (Wildman–Crippen MR) is 164 cm³/mol. The Morgan fingerprint density at radius 3 is 2.08 bits per heavy atom. The molecule has 5 heteroatoms. The Bertz CT molecular complexity index is 2080. The van der Waals surface area contributed by atoms with Crippen LogP contribution in [0.15, 0.2) is 109 Å². The maximum atomic E-state index is 5.47. The van der Waals surface area contributed by atoms with E-state index in [0.717, 1.165) is 50.7 Å². The monoisotopic (exact) mass is 532 g/mol. The Morgan fingerprint density at radius 2 is 1.27 bits per heavy atom. The molecule has 3 heterocycles. The van der Waals surface area contributed by atoms with E-state index in [1.165, 1.54) is 20.2 Å². The Labute approximate surface area is 236 Å². The summed E-state index contributed by atoms with van der Waals surface area (Å²) in [7, 11) is 0. The fourth-order valence-corrected chi connectivity index (χ4v) is 7.05. The molecule has 4 aromatic carbocycles. The summed E-state index contributed by atoms with van der Waals surface area (Å²) in [5.41, 5.74) is 8.22. The van der Waals surface area contributed by atoms with Crippen molar-refractivity contribution >= 4 is 31.5 Å². The first-order valence-electron chi connectivity index (χ1n) is 13.4. The highest BCUT2D eigenvalue weighted by Crippen LogP contribution is 2.49. The van der Waals surface area contributed by atoms with Gasteiger partial charge in [-0.2, -0.15) is 0 Å². The highest BCUT2D eigenvalue weighted by Gasteiger charge is 2.41. The van der Waals surface area contributed by atoms with Gasteiger partial charge >= 0.3 is 0 Å². The minimum Gasteiger partial charge on any atom is -0.247 e. The van der Waals surface area contributed by atoms with E-state index in [9.17, 15) is 0 Å². The Balaban J connectivity index is 1.42. The van der Waals surface area contributed by atoms with E-state index in [0.29, 0.717) is 5.82 Å². The SMILES string of the molecule is CC1(C)c2cnc(-c3ccccc3)nc2-c2nc(-c3ccccc3)c(-c3cccc4c3sc3ccccc34)nc21. The van der Waals surface area contributed by atoms with Gasteiger partial charge in [0.2, 0.25) is 0 Å². The lowest BCUT2D eigenvalue weighted by atomic mass is 9.86. The van der Waals surface area contributed by atoms with E-state index in [4.69, 9.17) is 19.9 Å². The summed E-state index contributed by atoms with van der Waals surface area (Å²) < 4.78 is 2.51. The fraction of sp³-hybridized carbons (Fsp3) is 0.0857. The zero-order valence-corrected chi connectivity index (χ0v) is 22.9. The van der Waals surface area contributed by atoms with E-state index < -0.39 is 0 Å². The number of benzene rings is 4. The van der Waals surface area contributed by atoms with Crippen molar-refractivity contribution in [3.05, 3.63) is 121 Å². The molecule has 0 radical (unpaired) electrons. The summed E-state index contributed by atoms with van der Waals surface area (Å²) >= 11 is 1.82. The van der Waals surface area contributed by atoms with Crippen LogP contribution in [0.25, 0.3) is 65.5 Å². The molecule has 190 valence electrons. The fourth-order valence-electron chi connectivity index (χ4n) is 5.83. The van der Waals surface area contributed by atoms with Crippen LogP contribution in [0, 0.1) is 0 Å². The van der Waals surface area contributed by atoms with Crippen LogP contribution in [0.2, 0.25) is 0 Å². The van der Waals surface area contributed by atoms with E-state index in [2.05, 4.69) is 80.6 Å². The van der Waals surface area contributed by atoms with Crippen LogP contribution >= 0.6 is 11.3 Å². The van der Waals surface area contributed by atoms with E-state index in [1.807, 2.05) is 53.9 Å². The lowest BCUT2D eigenvalue weighted by Crippen LogP contribution is -2.18. The maximum Gasteiger partial charge on any atom is 0.159 e. The average Bonchev–Trinajstić information content (AvgIpc) is 3.49. The van der Waals surface area contributed by atoms with Gasteiger partial charge in [-0.3, -0.25) is 0 Å². The number of nitrogens with zero attached hydrogens (tertiary/aromatic N) is 4. The molecule has 0 unspecified atom stereocenters. The molecule has 0 N–H and O–H groups in total. The van der Waals surface area contributed by atoms with Gasteiger partial charge in [0.15, 0.2) is 5.82 Å². The Hall–Kier alpha value is -4.74. The van der Waals surface area contributed by atoms with Crippen LogP contribution in [-0.4, -0.2) is 19.9 Å². The topological polar surface area (TPSA) is 51.6 Å². The number of aromatic nitrogens is 4. The van der Waals surface area contributed by atoms with Crippen molar-refractivity contribution in [1.82, 2.24) is 19.9 Å². The molecule has 0 saturated heterocycles. The van der Waals surface area contributed by atoms with E-state index in [1.54, 1.807) is 0 Å². The zero-order valence-electron chi connectivity index (χ0n) is 22.1. The van der Waals surface area contributed by atoms with Crippen molar-refractivity contribution in [2.75, 3.05) is 0 Å². The second-order valence-corrected chi connectivity index (χ2v) is 11.8. The second kappa shape index (κ2) is 8.63. The minimum atomic E-state index is -0.384.